The van der Waals surface area contributed by atoms with Gasteiger partial charge in [0, 0.05) is 42.8 Å². The van der Waals surface area contributed by atoms with Crippen LogP contribution >= 0.6 is 0 Å². The summed E-state index contributed by atoms with van der Waals surface area (Å²) < 4.78 is 0. The van der Waals surface area contributed by atoms with Gasteiger partial charge in [0.1, 0.15) is 5.82 Å². The van der Waals surface area contributed by atoms with Gasteiger partial charge < -0.3 is 15.5 Å². The molecule has 8 heteroatoms. The molecule has 1 aliphatic rings. The van der Waals surface area contributed by atoms with E-state index in [0.717, 1.165) is 24.1 Å². The fourth-order valence-corrected chi connectivity index (χ4v) is 3.48. The molecule has 3 amide bonds. The summed E-state index contributed by atoms with van der Waals surface area (Å²) in [6.07, 6.45) is 6.98. The second-order valence-corrected chi connectivity index (χ2v) is 7.60. The van der Waals surface area contributed by atoms with Crippen molar-refractivity contribution in [1.82, 2.24) is 9.97 Å². The maximum Gasteiger partial charge on any atom is 0.260 e. The number of nitrogens with one attached hydrogen (secondary N) is 2. The van der Waals surface area contributed by atoms with Gasteiger partial charge in [0.15, 0.2) is 0 Å². The second-order valence-electron chi connectivity index (χ2n) is 7.60. The van der Waals surface area contributed by atoms with E-state index in [-0.39, 0.29) is 17.4 Å². The van der Waals surface area contributed by atoms with Crippen LogP contribution in [-0.4, -0.2) is 34.2 Å². The summed E-state index contributed by atoms with van der Waals surface area (Å²) in [4.78, 5) is 47.5. The Bertz CT molecular complexity index is 1140. The first-order valence-electron chi connectivity index (χ1n) is 10.4. The van der Waals surface area contributed by atoms with Crippen molar-refractivity contribution < 1.29 is 14.4 Å². The molecule has 0 unspecified atom stereocenters. The van der Waals surface area contributed by atoms with Crippen molar-refractivity contribution in [3.8, 4) is 0 Å². The van der Waals surface area contributed by atoms with Crippen molar-refractivity contribution in [3.63, 3.8) is 0 Å². The Morgan fingerprint density at radius 3 is 2.47 bits per heavy atom. The number of hydrogen-bond donors (Lipinski definition) is 2. The third-order valence-corrected chi connectivity index (χ3v) is 5.23. The van der Waals surface area contributed by atoms with Gasteiger partial charge in [-0.05, 0) is 61.7 Å². The lowest BCUT2D eigenvalue weighted by Gasteiger charge is -2.26. The molecular formula is C24H23N5O3. The van der Waals surface area contributed by atoms with E-state index in [4.69, 9.17) is 0 Å². The van der Waals surface area contributed by atoms with E-state index in [9.17, 15) is 14.4 Å². The molecular weight excluding hydrogens is 406 g/mol. The number of anilines is 3. The van der Waals surface area contributed by atoms with Gasteiger partial charge in [-0.25, -0.2) is 4.98 Å². The Labute approximate surface area is 185 Å². The molecule has 8 nitrogen and oxygen atoms in total. The van der Waals surface area contributed by atoms with E-state index in [2.05, 4.69) is 20.6 Å². The van der Waals surface area contributed by atoms with E-state index >= 15 is 0 Å². The first-order chi connectivity index (χ1) is 15.5. The summed E-state index contributed by atoms with van der Waals surface area (Å²) >= 11 is 0. The number of carbonyl (C=O) groups is 3. The molecule has 32 heavy (non-hydrogen) atoms. The normalized spacial score (nSPS) is 13.5. The summed E-state index contributed by atoms with van der Waals surface area (Å²) in [7, 11) is 0. The van der Waals surface area contributed by atoms with E-state index in [1.807, 2.05) is 13.0 Å². The lowest BCUT2D eigenvalue weighted by molar-refractivity contribution is -0.119. The van der Waals surface area contributed by atoms with Gasteiger partial charge >= 0.3 is 0 Å². The molecule has 0 bridgehead atoms. The number of nitrogens with zero attached hydrogens (tertiary/aromatic N) is 3. The fraction of sp³-hybridized carbons (Fsp3) is 0.208. The standard InChI is InChI=1S/C24H23N5O3/c1-16-5-10-21(26-14-16)28-24(32)19-15-25-12-11-20(19)27-23(31)17-6-8-18(9-7-17)29-13-3-2-4-22(29)30/h5-12,14-15H,2-4,13H2,1H3,(H,25,27,31)(H,26,28,32). The average Bonchev–Trinajstić information content (AvgIpc) is 2.81. The van der Waals surface area contributed by atoms with Crippen molar-refractivity contribution in [2.75, 3.05) is 22.1 Å². The number of pyridine rings is 2. The number of hydrogen-bond acceptors (Lipinski definition) is 5. The van der Waals surface area contributed by atoms with Gasteiger partial charge in [0.25, 0.3) is 11.8 Å². The van der Waals surface area contributed by atoms with Gasteiger partial charge in [-0.1, -0.05) is 6.07 Å². The van der Waals surface area contributed by atoms with Gasteiger partial charge in [-0.15, -0.1) is 0 Å². The Morgan fingerprint density at radius 1 is 0.938 bits per heavy atom. The number of piperidine rings is 1. The van der Waals surface area contributed by atoms with Crippen LogP contribution in [0, 0.1) is 6.92 Å². The molecule has 1 saturated heterocycles. The number of aryl methyl sites for hydroxylation is 1. The predicted molar refractivity (Wildman–Crippen MR) is 122 cm³/mol. The van der Waals surface area contributed by atoms with Crippen LogP contribution in [0.3, 0.4) is 0 Å². The Balaban J connectivity index is 1.47. The minimum absolute atomic E-state index is 0.101. The molecule has 0 atom stereocenters. The molecule has 2 N–H and O–H groups in total. The van der Waals surface area contributed by atoms with Crippen LogP contribution in [-0.2, 0) is 4.79 Å². The zero-order valence-corrected chi connectivity index (χ0v) is 17.7. The van der Waals surface area contributed by atoms with E-state index in [1.165, 1.54) is 12.4 Å². The zero-order valence-electron chi connectivity index (χ0n) is 17.7. The average molecular weight is 429 g/mol. The van der Waals surface area contributed by atoms with Crippen LogP contribution < -0.4 is 15.5 Å². The summed E-state index contributed by atoms with van der Waals surface area (Å²) in [5.41, 5.74) is 2.74. The first kappa shape index (κ1) is 21.2. The molecule has 0 saturated carbocycles. The highest BCUT2D eigenvalue weighted by atomic mass is 16.2. The minimum Gasteiger partial charge on any atom is -0.321 e. The second kappa shape index (κ2) is 9.38. The Morgan fingerprint density at radius 2 is 1.75 bits per heavy atom. The van der Waals surface area contributed by atoms with Gasteiger partial charge in [0.2, 0.25) is 5.91 Å². The topological polar surface area (TPSA) is 104 Å². The SMILES string of the molecule is Cc1ccc(NC(=O)c2cnccc2NC(=O)c2ccc(N3CCCCC3=O)cc2)nc1. The summed E-state index contributed by atoms with van der Waals surface area (Å²) in [5.74, 6) is -0.285. The highest BCUT2D eigenvalue weighted by Crippen LogP contribution is 2.22. The molecule has 0 radical (unpaired) electrons. The number of amides is 3. The smallest absolute Gasteiger partial charge is 0.260 e. The molecule has 162 valence electrons. The Hall–Kier alpha value is -4.07. The maximum absolute atomic E-state index is 12.8. The van der Waals surface area contributed by atoms with Crippen molar-refractivity contribution >= 4 is 34.9 Å². The van der Waals surface area contributed by atoms with Crippen LogP contribution in [0.5, 0.6) is 0 Å². The quantitative estimate of drug-likeness (QED) is 0.642. The van der Waals surface area contributed by atoms with Crippen molar-refractivity contribution in [2.24, 2.45) is 0 Å². The minimum atomic E-state index is -0.427. The predicted octanol–water partition coefficient (Wildman–Crippen LogP) is 3.81. The molecule has 0 spiro atoms. The van der Waals surface area contributed by atoms with Crippen LogP contribution in [0.1, 0.15) is 45.5 Å². The van der Waals surface area contributed by atoms with Gasteiger partial charge in [0.05, 0.1) is 11.3 Å². The number of benzene rings is 1. The number of aromatic nitrogens is 2. The molecule has 1 aliphatic heterocycles. The molecule has 1 aromatic carbocycles. The molecule has 0 aliphatic carbocycles. The molecule has 3 heterocycles. The number of carbonyl (C=O) groups excluding carboxylic acids is 3. The van der Waals surface area contributed by atoms with Crippen LogP contribution in [0.25, 0.3) is 0 Å². The summed E-state index contributed by atoms with van der Waals surface area (Å²) in [5, 5.41) is 5.48. The van der Waals surface area contributed by atoms with E-state index in [1.54, 1.807) is 47.5 Å². The molecule has 3 aromatic rings. The third-order valence-electron chi connectivity index (χ3n) is 5.23. The lowest BCUT2D eigenvalue weighted by atomic mass is 10.1. The Kier molecular flexibility index (Phi) is 6.21. The van der Waals surface area contributed by atoms with E-state index in [0.29, 0.717) is 30.0 Å². The maximum atomic E-state index is 12.8. The highest BCUT2D eigenvalue weighted by Gasteiger charge is 2.20. The summed E-state index contributed by atoms with van der Waals surface area (Å²) in [6, 6.07) is 12.0. The summed E-state index contributed by atoms with van der Waals surface area (Å²) in [6.45, 7) is 2.60. The van der Waals surface area contributed by atoms with Crippen molar-refractivity contribution in [1.29, 1.82) is 0 Å². The highest BCUT2D eigenvalue weighted by molar-refractivity contribution is 6.12. The molecule has 4 rings (SSSR count). The van der Waals surface area contributed by atoms with Crippen LogP contribution in [0.4, 0.5) is 17.2 Å². The van der Waals surface area contributed by atoms with Gasteiger partial charge in [-0.3, -0.25) is 19.4 Å². The van der Waals surface area contributed by atoms with Gasteiger partial charge in [-0.2, -0.15) is 0 Å². The third kappa shape index (κ3) is 4.80. The lowest BCUT2D eigenvalue weighted by Crippen LogP contribution is -2.35. The van der Waals surface area contributed by atoms with Crippen LogP contribution in [0.2, 0.25) is 0 Å². The van der Waals surface area contributed by atoms with Crippen molar-refractivity contribution in [2.45, 2.75) is 26.2 Å². The van der Waals surface area contributed by atoms with E-state index < -0.39 is 5.91 Å². The molecule has 1 fully saturated rings. The fourth-order valence-electron chi connectivity index (χ4n) is 3.48. The number of rotatable bonds is 5. The monoisotopic (exact) mass is 429 g/mol. The molecule has 2 aromatic heterocycles. The zero-order chi connectivity index (χ0) is 22.5. The van der Waals surface area contributed by atoms with Crippen molar-refractivity contribution in [3.05, 3.63) is 77.7 Å². The largest absolute Gasteiger partial charge is 0.321 e. The van der Waals surface area contributed by atoms with Crippen LogP contribution in [0.15, 0.2) is 61.1 Å². The first-order valence-corrected chi connectivity index (χ1v) is 10.4.